The molecule has 6 heteroatoms. The molecule has 0 aromatic carbocycles. The van der Waals surface area contributed by atoms with Gasteiger partial charge >= 0.3 is 5.97 Å². The van der Waals surface area contributed by atoms with Gasteiger partial charge in [-0.2, -0.15) is 0 Å². The molecule has 0 amide bonds. The molecule has 1 saturated heterocycles. The van der Waals surface area contributed by atoms with E-state index in [1.165, 1.54) is 7.11 Å². The minimum atomic E-state index is -1.03. The average molecular weight is 213 g/mol. The number of carbonyl (C=O) groups excluding carboxylic acids is 1. The van der Waals surface area contributed by atoms with Crippen LogP contribution >= 0.6 is 0 Å². The van der Waals surface area contributed by atoms with Gasteiger partial charge in [0, 0.05) is 4.92 Å². The highest BCUT2D eigenvalue weighted by atomic mass is 16.6. The predicted molar refractivity (Wildman–Crippen MR) is 48.7 cm³/mol. The Kier molecular flexibility index (Phi) is 2.04. The van der Waals surface area contributed by atoms with Crippen LogP contribution in [0.1, 0.15) is 6.92 Å². The number of ether oxygens (including phenoxy) is 2. The van der Waals surface area contributed by atoms with Crippen molar-refractivity contribution in [3.8, 4) is 0 Å². The maximum atomic E-state index is 11.5. The number of rotatable bonds is 2. The van der Waals surface area contributed by atoms with E-state index in [9.17, 15) is 14.9 Å². The summed E-state index contributed by atoms with van der Waals surface area (Å²) < 4.78 is 9.99. The minimum Gasteiger partial charge on any atom is -0.469 e. The fourth-order valence-corrected chi connectivity index (χ4v) is 2.29. The highest BCUT2D eigenvalue weighted by Gasteiger charge is 2.63. The van der Waals surface area contributed by atoms with E-state index in [4.69, 9.17) is 4.74 Å². The van der Waals surface area contributed by atoms with Gasteiger partial charge in [-0.05, 0) is 6.92 Å². The normalized spacial score (nSPS) is 41.9. The van der Waals surface area contributed by atoms with E-state index in [0.29, 0.717) is 0 Å². The Labute approximate surface area is 86.0 Å². The Hall–Kier alpha value is -1.43. The van der Waals surface area contributed by atoms with Gasteiger partial charge in [0.2, 0.25) is 0 Å². The summed E-state index contributed by atoms with van der Waals surface area (Å²) >= 11 is 0. The first kappa shape index (κ1) is 10.1. The number of hydrogen-bond acceptors (Lipinski definition) is 5. The largest absolute Gasteiger partial charge is 0.469 e. The van der Waals surface area contributed by atoms with Crippen molar-refractivity contribution in [2.75, 3.05) is 7.11 Å². The summed E-state index contributed by atoms with van der Waals surface area (Å²) in [7, 11) is 1.22. The molecule has 2 heterocycles. The summed E-state index contributed by atoms with van der Waals surface area (Å²) in [4.78, 5) is 21.9. The Morgan fingerprint density at radius 1 is 1.67 bits per heavy atom. The molecule has 2 rings (SSSR count). The summed E-state index contributed by atoms with van der Waals surface area (Å²) in [5.74, 6) is -1.45. The van der Waals surface area contributed by atoms with Crippen LogP contribution in [0.25, 0.3) is 0 Å². The molecule has 4 atom stereocenters. The summed E-state index contributed by atoms with van der Waals surface area (Å²) in [5.41, 5.74) is -0.893. The lowest BCUT2D eigenvalue weighted by molar-refractivity contribution is -0.530. The summed E-state index contributed by atoms with van der Waals surface area (Å²) in [6.07, 6.45) is 2.71. The second kappa shape index (κ2) is 3.03. The van der Waals surface area contributed by atoms with Gasteiger partial charge in [0.1, 0.15) is 11.7 Å². The quantitative estimate of drug-likeness (QED) is 0.282. The Morgan fingerprint density at radius 3 is 2.87 bits per heavy atom. The zero-order valence-corrected chi connectivity index (χ0v) is 8.38. The molecule has 2 aliphatic rings. The number of nitrogens with zero attached hydrogens (tertiary/aromatic N) is 1. The lowest BCUT2D eigenvalue weighted by Crippen LogP contribution is -2.45. The van der Waals surface area contributed by atoms with Crippen LogP contribution in [-0.2, 0) is 14.3 Å². The summed E-state index contributed by atoms with van der Waals surface area (Å²) in [6, 6.07) is -1.03. The van der Waals surface area contributed by atoms with Gasteiger partial charge in [0.15, 0.2) is 5.92 Å². The van der Waals surface area contributed by atoms with Crippen molar-refractivity contribution in [2.24, 2.45) is 5.92 Å². The van der Waals surface area contributed by atoms with Crippen molar-refractivity contribution in [2.45, 2.75) is 24.7 Å². The Balaban J connectivity index is 2.37. The van der Waals surface area contributed by atoms with Crippen LogP contribution in [0.15, 0.2) is 12.2 Å². The standard InChI is InChI=1S/C9H11NO5/c1-9-4-3-5(15-9)7(10(12)13)6(9)8(11)14-2/h3-7H,1-2H3/t5-,6+,7+,9+/m0/s1. The van der Waals surface area contributed by atoms with Gasteiger partial charge in [0.05, 0.1) is 7.11 Å². The number of nitro groups is 1. The molecule has 1 fully saturated rings. The molecule has 15 heavy (non-hydrogen) atoms. The highest BCUT2D eigenvalue weighted by Crippen LogP contribution is 2.44. The zero-order valence-electron chi connectivity index (χ0n) is 8.38. The molecule has 0 radical (unpaired) electrons. The number of carbonyl (C=O) groups is 1. The molecule has 0 saturated carbocycles. The molecule has 0 aliphatic carbocycles. The topological polar surface area (TPSA) is 78.7 Å². The molecular formula is C9H11NO5. The molecule has 0 N–H and O–H groups in total. The molecule has 0 unspecified atom stereocenters. The van der Waals surface area contributed by atoms with Crippen LogP contribution < -0.4 is 0 Å². The third-order valence-corrected chi connectivity index (χ3v) is 3.00. The van der Waals surface area contributed by atoms with Crippen LogP contribution in [0.2, 0.25) is 0 Å². The van der Waals surface area contributed by atoms with Crippen molar-refractivity contribution in [3.05, 3.63) is 22.3 Å². The lowest BCUT2D eigenvalue weighted by Gasteiger charge is -2.23. The predicted octanol–water partition coefficient (Wildman–Crippen LogP) is 0.148. The highest BCUT2D eigenvalue weighted by molar-refractivity contribution is 5.76. The second-order valence-electron chi connectivity index (χ2n) is 3.90. The second-order valence-corrected chi connectivity index (χ2v) is 3.90. The molecular weight excluding hydrogens is 202 g/mol. The third kappa shape index (κ3) is 1.25. The number of fused-ring (bicyclic) bond motifs is 2. The van der Waals surface area contributed by atoms with E-state index in [1.54, 1.807) is 19.1 Å². The maximum Gasteiger partial charge on any atom is 0.319 e. The van der Waals surface area contributed by atoms with E-state index in [2.05, 4.69) is 4.74 Å². The molecule has 82 valence electrons. The van der Waals surface area contributed by atoms with Crippen LogP contribution in [0.5, 0.6) is 0 Å². The molecule has 0 spiro atoms. The Bertz CT molecular complexity index is 352. The smallest absolute Gasteiger partial charge is 0.319 e. The van der Waals surface area contributed by atoms with E-state index in [-0.39, 0.29) is 0 Å². The van der Waals surface area contributed by atoms with E-state index in [1.807, 2.05) is 0 Å². The van der Waals surface area contributed by atoms with Gasteiger partial charge in [-0.15, -0.1) is 0 Å². The fraction of sp³-hybridized carbons (Fsp3) is 0.667. The zero-order chi connectivity index (χ0) is 11.2. The first-order valence-corrected chi connectivity index (χ1v) is 4.58. The monoisotopic (exact) mass is 213 g/mol. The number of methoxy groups -OCH3 is 1. The van der Waals surface area contributed by atoms with Gasteiger partial charge in [0.25, 0.3) is 6.04 Å². The van der Waals surface area contributed by atoms with Crippen molar-refractivity contribution >= 4 is 5.97 Å². The van der Waals surface area contributed by atoms with E-state index in [0.717, 1.165) is 0 Å². The van der Waals surface area contributed by atoms with Crippen molar-refractivity contribution in [1.29, 1.82) is 0 Å². The molecule has 2 aliphatic heterocycles. The van der Waals surface area contributed by atoms with Crippen LogP contribution in [0.3, 0.4) is 0 Å². The van der Waals surface area contributed by atoms with Gasteiger partial charge in [-0.25, -0.2) is 0 Å². The molecule has 2 bridgehead atoms. The first-order chi connectivity index (χ1) is 6.99. The van der Waals surface area contributed by atoms with Crippen molar-refractivity contribution < 1.29 is 19.2 Å². The van der Waals surface area contributed by atoms with E-state index < -0.39 is 34.6 Å². The molecule has 6 nitrogen and oxygen atoms in total. The Morgan fingerprint density at radius 2 is 2.33 bits per heavy atom. The number of esters is 1. The third-order valence-electron chi connectivity index (χ3n) is 3.00. The first-order valence-electron chi connectivity index (χ1n) is 4.58. The average Bonchev–Trinajstić information content (AvgIpc) is 2.68. The summed E-state index contributed by atoms with van der Waals surface area (Å²) in [5, 5.41) is 10.8. The SMILES string of the molecule is COC(=O)[C@H]1[C@H]([N+](=O)[O-])[C@@H]2C=C[C@@]1(C)O2. The lowest BCUT2D eigenvalue weighted by atomic mass is 9.81. The van der Waals surface area contributed by atoms with Crippen molar-refractivity contribution in [1.82, 2.24) is 0 Å². The fourth-order valence-electron chi connectivity index (χ4n) is 2.29. The van der Waals surface area contributed by atoms with Gasteiger partial charge < -0.3 is 9.47 Å². The summed E-state index contributed by atoms with van der Waals surface area (Å²) in [6.45, 7) is 1.66. The van der Waals surface area contributed by atoms with Gasteiger partial charge in [-0.3, -0.25) is 14.9 Å². The van der Waals surface area contributed by atoms with Crippen molar-refractivity contribution in [3.63, 3.8) is 0 Å². The molecule has 0 aromatic rings. The van der Waals surface area contributed by atoms with Crippen LogP contribution in [0.4, 0.5) is 0 Å². The van der Waals surface area contributed by atoms with E-state index >= 15 is 0 Å². The van der Waals surface area contributed by atoms with Crippen LogP contribution in [-0.4, -0.2) is 35.7 Å². The maximum absolute atomic E-state index is 11.5. The van der Waals surface area contributed by atoms with Gasteiger partial charge in [-0.1, -0.05) is 12.2 Å². The number of hydrogen-bond donors (Lipinski definition) is 0. The van der Waals surface area contributed by atoms with Crippen LogP contribution in [0, 0.1) is 16.0 Å². The molecule has 0 aromatic heterocycles. The minimum absolute atomic E-state index is 0.471.